The van der Waals surface area contributed by atoms with Gasteiger partial charge in [-0.2, -0.15) is 0 Å². The van der Waals surface area contributed by atoms with Crippen molar-refractivity contribution in [2.45, 2.75) is 27.3 Å². The quantitative estimate of drug-likeness (QED) is 0.781. The molecule has 1 aromatic rings. The molecule has 0 aromatic carbocycles. The first-order valence-corrected chi connectivity index (χ1v) is 5.15. The Morgan fingerprint density at radius 2 is 2.29 bits per heavy atom. The van der Waals surface area contributed by atoms with Gasteiger partial charge in [0.05, 0.1) is 6.61 Å². The van der Waals surface area contributed by atoms with Crippen LogP contribution in [0.5, 0.6) is 0 Å². The van der Waals surface area contributed by atoms with Gasteiger partial charge in [-0.15, -0.1) is 0 Å². The molecule has 0 atom stereocenters. The van der Waals surface area contributed by atoms with Crippen LogP contribution in [0.4, 0.5) is 0 Å². The van der Waals surface area contributed by atoms with E-state index in [1.54, 1.807) is 0 Å². The van der Waals surface area contributed by atoms with Gasteiger partial charge in [0.25, 0.3) is 0 Å². The van der Waals surface area contributed by atoms with Crippen molar-refractivity contribution in [1.29, 1.82) is 0 Å². The van der Waals surface area contributed by atoms with Crippen LogP contribution in [-0.4, -0.2) is 16.3 Å². The third kappa shape index (κ3) is 2.48. The molecule has 78 valence electrons. The molecule has 0 radical (unpaired) electrons. The molecule has 0 aliphatic heterocycles. The molecule has 0 unspecified atom stereocenters. The molecule has 14 heavy (non-hydrogen) atoms. The molecule has 0 aliphatic rings. The van der Waals surface area contributed by atoms with E-state index < -0.39 is 0 Å². The Kier molecular flexibility index (Phi) is 3.96. The summed E-state index contributed by atoms with van der Waals surface area (Å²) in [6, 6.07) is 4.10. The molecular formula is C12H19NO. The predicted octanol–water partition coefficient (Wildman–Crippen LogP) is 2.54. The maximum absolute atomic E-state index is 9.18. The molecule has 0 saturated heterocycles. The molecule has 0 spiro atoms. The van der Waals surface area contributed by atoms with Gasteiger partial charge in [0.1, 0.15) is 0 Å². The zero-order valence-electron chi connectivity index (χ0n) is 9.20. The van der Waals surface area contributed by atoms with Crippen LogP contribution in [0.3, 0.4) is 0 Å². The van der Waals surface area contributed by atoms with Crippen LogP contribution in [0.15, 0.2) is 23.9 Å². The normalized spacial score (nSPS) is 12.5. The number of aliphatic hydroxyl groups is 1. The Morgan fingerprint density at radius 1 is 1.57 bits per heavy atom. The number of hydrogen-bond acceptors (Lipinski definition) is 1. The van der Waals surface area contributed by atoms with Gasteiger partial charge < -0.3 is 9.67 Å². The number of hydrogen-bond donors (Lipinski definition) is 1. The van der Waals surface area contributed by atoms with Crippen LogP contribution in [0.2, 0.25) is 0 Å². The largest absolute Gasteiger partial charge is 0.392 e. The highest BCUT2D eigenvalue weighted by Gasteiger charge is 2.03. The number of aromatic nitrogens is 1. The zero-order chi connectivity index (χ0) is 10.6. The molecule has 2 nitrogen and oxygen atoms in total. The fourth-order valence-corrected chi connectivity index (χ4v) is 1.43. The highest BCUT2D eigenvalue weighted by molar-refractivity contribution is 5.50. The minimum absolute atomic E-state index is 0.145. The van der Waals surface area contributed by atoms with Gasteiger partial charge >= 0.3 is 0 Å². The molecular weight excluding hydrogens is 174 g/mol. The number of rotatable bonds is 4. The zero-order valence-corrected chi connectivity index (χ0v) is 9.20. The van der Waals surface area contributed by atoms with Crippen molar-refractivity contribution >= 4 is 6.08 Å². The van der Waals surface area contributed by atoms with Gasteiger partial charge in [0.15, 0.2) is 0 Å². The number of nitrogens with zero attached hydrogens (tertiary/aromatic N) is 1. The van der Waals surface area contributed by atoms with Crippen molar-refractivity contribution in [1.82, 2.24) is 4.57 Å². The molecule has 2 heteroatoms. The average Bonchev–Trinajstić information content (AvgIpc) is 2.60. The Labute approximate surface area is 85.9 Å². The first-order valence-electron chi connectivity index (χ1n) is 5.15. The summed E-state index contributed by atoms with van der Waals surface area (Å²) < 4.78 is 2.16. The third-order valence-corrected chi connectivity index (χ3v) is 2.46. The van der Waals surface area contributed by atoms with Gasteiger partial charge in [-0.1, -0.05) is 13.8 Å². The molecule has 1 heterocycles. The number of aliphatic hydroxyl groups excluding tert-OH is 1. The van der Waals surface area contributed by atoms with E-state index in [1.165, 1.54) is 5.69 Å². The SMILES string of the molecule is CCn1cccc1C=C(CO)C(C)C. The summed E-state index contributed by atoms with van der Waals surface area (Å²) in [6.07, 6.45) is 4.13. The van der Waals surface area contributed by atoms with E-state index >= 15 is 0 Å². The lowest BCUT2D eigenvalue weighted by molar-refractivity contribution is 0.320. The van der Waals surface area contributed by atoms with Gasteiger partial charge in [-0.05, 0) is 36.6 Å². The molecule has 0 saturated carbocycles. The van der Waals surface area contributed by atoms with Crippen molar-refractivity contribution in [3.05, 3.63) is 29.6 Å². The summed E-state index contributed by atoms with van der Waals surface area (Å²) in [5, 5.41) is 9.18. The predicted molar refractivity (Wildman–Crippen MR) is 60.0 cm³/mol. The molecule has 0 aliphatic carbocycles. The Morgan fingerprint density at radius 3 is 2.79 bits per heavy atom. The number of aryl methyl sites for hydroxylation is 1. The second kappa shape index (κ2) is 5.01. The van der Waals surface area contributed by atoms with Crippen molar-refractivity contribution < 1.29 is 5.11 Å². The van der Waals surface area contributed by atoms with E-state index in [-0.39, 0.29) is 6.61 Å². The van der Waals surface area contributed by atoms with E-state index in [2.05, 4.69) is 43.7 Å². The second-order valence-corrected chi connectivity index (χ2v) is 3.75. The van der Waals surface area contributed by atoms with Gasteiger partial charge in [-0.25, -0.2) is 0 Å². The lowest BCUT2D eigenvalue weighted by Crippen LogP contribution is -2.01. The molecule has 0 amide bonds. The van der Waals surface area contributed by atoms with Crippen molar-refractivity contribution in [2.24, 2.45) is 5.92 Å². The molecule has 0 bridgehead atoms. The van der Waals surface area contributed by atoms with Gasteiger partial charge in [-0.3, -0.25) is 0 Å². The third-order valence-electron chi connectivity index (χ3n) is 2.46. The summed E-state index contributed by atoms with van der Waals surface area (Å²) in [4.78, 5) is 0. The van der Waals surface area contributed by atoms with E-state index in [0.717, 1.165) is 12.1 Å². The minimum atomic E-state index is 0.145. The molecule has 1 rings (SSSR count). The average molecular weight is 193 g/mol. The second-order valence-electron chi connectivity index (χ2n) is 3.75. The van der Waals surface area contributed by atoms with Crippen LogP contribution in [0.1, 0.15) is 26.5 Å². The van der Waals surface area contributed by atoms with Crippen LogP contribution >= 0.6 is 0 Å². The van der Waals surface area contributed by atoms with Crippen molar-refractivity contribution in [2.75, 3.05) is 6.61 Å². The Bertz CT molecular complexity index is 310. The van der Waals surface area contributed by atoms with Gasteiger partial charge in [0, 0.05) is 18.4 Å². The molecule has 0 fully saturated rings. The fourth-order valence-electron chi connectivity index (χ4n) is 1.43. The van der Waals surface area contributed by atoms with Crippen LogP contribution in [0.25, 0.3) is 6.08 Å². The molecule has 1 N–H and O–H groups in total. The fraction of sp³-hybridized carbons (Fsp3) is 0.500. The van der Waals surface area contributed by atoms with Crippen molar-refractivity contribution in [3.8, 4) is 0 Å². The first-order chi connectivity index (χ1) is 6.69. The lowest BCUT2D eigenvalue weighted by atomic mass is 10.0. The van der Waals surface area contributed by atoms with E-state index in [0.29, 0.717) is 5.92 Å². The highest BCUT2D eigenvalue weighted by Crippen LogP contribution is 2.14. The van der Waals surface area contributed by atoms with Crippen LogP contribution < -0.4 is 0 Å². The monoisotopic (exact) mass is 193 g/mol. The van der Waals surface area contributed by atoms with E-state index in [1.807, 2.05) is 6.07 Å². The van der Waals surface area contributed by atoms with Crippen molar-refractivity contribution in [3.63, 3.8) is 0 Å². The van der Waals surface area contributed by atoms with E-state index in [9.17, 15) is 5.11 Å². The smallest absolute Gasteiger partial charge is 0.0648 e. The Hall–Kier alpha value is -1.02. The van der Waals surface area contributed by atoms with Crippen LogP contribution in [-0.2, 0) is 6.54 Å². The molecule has 1 aromatic heterocycles. The summed E-state index contributed by atoms with van der Waals surface area (Å²) in [7, 11) is 0. The highest BCUT2D eigenvalue weighted by atomic mass is 16.3. The lowest BCUT2D eigenvalue weighted by Gasteiger charge is -2.09. The summed E-state index contributed by atoms with van der Waals surface area (Å²) >= 11 is 0. The summed E-state index contributed by atoms with van der Waals surface area (Å²) in [5.74, 6) is 0.403. The maximum atomic E-state index is 9.18. The summed E-state index contributed by atoms with van der Waals surface area (Å²) in [6.45, 7) is 7.43. The van der Waals surface area contributed by atoms with E-state index in [4.69, 9.17) is 0 Å². The maximum Gasteiger partial charge on any atom is 0.0648 e. The van der Waals surface area contributed by atoms with Crippen LogP contribution in [0, 0.1) is 5.92 Å². The first kappa shape index (κ1) is 11.1. The summed E-state index contributed by atoms with van der Waals surface area (Å²) in [5.41, 5.74) is 2.25. The minimum Gasteiger partial charge on any atom is -0.392 e. The topological polar surface area (TPSA) is 25.2 Å². The van der Waals surface area contributed by atoms with Gasteiger partial charge in [0.2, 0.25) is 0 Å². The standard InChI is InChI=1S/C12H19NO/c1-4-13-7-5-6-12(13)8-11(9-14)10(2)3/h5-8,10,14H,4,9H2,1-3H3. The Balaban J connectivity index is 2.94.